The summed E-state index contributed by atoms with van der Waals surface area (Å²) in [6, 6.07) is 8.91. The van der Waals surface area contributed by atoms with Crippen LogP contribution >= 0.6 is 0 Å². The van der Waals surface area contributed by atoms with Crippen molar-refractivity contribution in [2.24, 2.45) is 5.18 Å². The Hall–Kier alpha value is -2.67. The normalized spacial score (nSPS) is 17.9. The number of rotatable bonds is 6. The van der Waals surface area contributed by atoms with Crippen LogP contribution in [-0.2, 0) is 6.54 Å². The summed E-state index contributed by atoms with van der Waals surface area (Å²) in [7, 11) is 0. The molecule has 0 radical (unpaired) electrons. The van der Waals surface area contributed by atoms with Gasteiger partial charge in [0.05, 0.1) is 5.56 Å². The molecule has 4 rings (SSSR count). The molecule has 0 unspecified atom stereocenters. The summed E-state index contributed by atoms with van der Waals surface area (Å²) in [5, 5.41) is 2.36. The van der Waals surface area contributed by atoms with E-state index in [1.54, 1.807) is 12.1 Å². The van der Waals surface area contributed by atoms with Gasteiger partial charge in [0, 0.05) is 24.8 Å². The van der Waals surface area contributed by atoms with Crippen LogP contribution in [-0.4, -0.2) is 30.0 Å². The molecule has 2 aromatic rings. The average Bonchev–Trinajstić information content (AvgIpc) is 3.56. The second-order valence-corrected chi connectivity index (χ2v) is 7.75. The first kappa shape index (κ1) is 19.6. The van der Waals surface area contributed by atoms with E-state index in [9.17, 15) is 18.5 Å². The second-order valence-electron chi connectivity index (χ2n) is 7.75. The zero-order valence-corrected chi connectivity index (χ0v) is 15.9. The number of hydrogen-bond donors (Lipinski definition) is 0. The Kier molecular flexibility index (Phi) is 5.67. The van der Waals surface area contributed by atoms with Gasteiger partial charge in [0.15, 0.2) is 0 Å². The molecule has 5 nitrogen and oxygen atoms in total. The van der Waals surface area contributed by atoms with Crippen LogP contribution in [0.1, 0.15) is 53.1 Å². The van der Waals surface area contributed by atoms with Crippen molar-refractivity contribution in [1.29, 1.82) is 0 Å². The van der Waals surface area contributed by atoms with E-state index in [0.717, 1.165) is 49.9 Å². The average molecular weight is 400 g/mol. The molecule has 1 aliphatic heterocycles. The Labute approximate surface area is 167 Å². The van der Waals surface area contributed by atoms with E-state index in [2.05, 4.69) is 10.1 Å². The Balaban J connectivity index is 1.40. The summed E-state index contributed by atoms with van der Waals surface area (Å²) < 4.78 is 33.3. The zero-order valence-electron chi connectivity index (χ0n) is 15.9. The maximum absolute atomic E-state index is 14.4. The lowest BCUT2D eigenvalue weighted by atomic mass is 9.97. The number of carbonyl (C=O) groups is 1. The van der Waals surface area contributed by atoms with E-state index < -0.39 is 11.7 Å². The van der Waals surface area contributed by atoms with Crippen LogP contribution in [0.2, 0.25) is 0 Å². The number of nitroso groups, excluding NO2 is 1. The Morgan fingerprint density at radius 1 is 1.07 bits per heavy atom. The molecule has 0 aromatic heterocycles. The van der Waals surface area contributed by atoms with E-state index in [1.165, 1.54) is 24.3 Å². The van der Waals surface area contributed by atoms with Crippen molar-refractivity contribution in [2.75, 3.05) is 13.1 Å². The van der Waals surface area contributed by atoms with Gasteiger partial charge in [-0.15, -0.1) is 4.91 Å². The number of amides is 1. The van der Waals surface area contributed by atoms with E-state index in [-0.39, 0.29) is 17.5 Å². The van der Waals surface area contributed by atoms with Gasteiger partial charge in [-0.1, -0.05) is 0 Å². The third kappa shape index (κ3) is 4.67. The molecule has 1 heterocycles. The summed E-state index contributed by atoms with van der Waals surface area (Å²) in [4.78, 5) is 24.3. The summed E-state index contributed by atoms with van der Waals surface area (Å²) >= 11 is 0. The number of benzene rings is 2. The maximum Gasteiger partial charge on any atom is 0.319 e. The van der Waals surface area contributed by atoms with Gasteiger partial charge in [-0.05, 0) is 79.1 Å². The Morgan fingerprint density at radius 2 is 1.76 bits per heavy atom. The Bertz CT molecular complexity index is 905. The number of piperidine rings is 1. The molecule has 152 valence electrons. The molecule has 0 N–H and O–H groups in total. The number of hydrogen-bond acceptors (Lipinski definition) is 4. The minimum atomic E-state index is -1.06. The highest BCUT2D eigenvalue weighted by Gasteiger charge is 2.30. The van der Waals surface area contributed by atoms with Crippen LogP contribution in [0.3, 0.4) is 0 Å². The van der Waals surface area contributed by atoms with Crippen LogP contribution in [0, 0.1) is 16.5 Å². The molecular weight excluding hydrogens is 378 g/mol. The number of halogens is 2. The van der Waals surface area contributed by atoms with Gasteiger partial charge in [0.1, 0.15) is 23.5 Å². The van der Waals surface area contributed by atoms with Gasteiger partial charge in [0.2, 0.25) is 0 Å². The molecule has 0 spiro atoms. The maximum atomic E-state index is 14.4. The molecule has 7 heteroatoms. The van der Waals surface area contributed by atoms with Crippen LogP contribution in [0.5, 0.6) is 5.75 Å². The highest BCUT2D eigenvalue weighted by molar-refractivity contribution is 5.95. The van der Waals surface area contributed by atoms with Crippen LogP contribution in [0.25, 0.3) is 0 Å². The largest absolute Gasteiger partial charge is 0.490 e. The van der Waals surface area contributed by atoms with Crippen LogP contribution in [0.15, 0.2) is 41.6 Å². The second kappa shape index (κ2) is 8.37. The summed E-state index contributed by atoms with van der Waals surface area (Å²) in [6.45, 7) is 2.19. The fourth-order valence-corrected chi connectivity index (χ4v) is 3.89. The van der Waals surface area contributed by atoms with Crippen molar-refractivity contribution in [1.82, 2.24) is 4.90 Å². The topological polar surface area (TPSA) is 59.0 Å². The molecule has 1 saturated heterocycles. The lowest BCUT2D eigenvalue weighted by molar-refractivity contribution is 0.0963. The minimum Gasteiger partial charge on any atom is -0.490 e. The quantitative estimate of drug-likeness (QED) is 0.654. The van der Waals surface area contributed by atoms with Gasteiger partial charge >= 0.3 is 5.91 Å². The summed E-state index contributed by atoms with van der Waals surface area (Å²) in [6.07, 6.45) is 3.73. The van der Waals surface area contributed by atoms with Crippen molar-refractivity contribution in [3.8, 4) is 5.75 Å². The molecular formula is C22H22F2N2O3. The van der Waals surface area contributed by atoms with E-state index in [4.69, 9.17) is 4.74 Å². The first-order valence-electron chi connectivity index (χ1n) is 9.88. The predicted molar refractivity (Wildman–Crippen MR) is 104 cm³/mol. The summed E-state index contributed by atoms with van der Waals surface area (Å²) in [5.41, 5.74) is 1.57. The first-order chi connectivity index (χ1) is 14.0. The van der Waals surface area contributed by atoms with Gasteiger partial charge in [-0.25, -0.2) is 8.78 Å². The fourth-order valence-electron chi connectivity index (χ4n) is 3.89. The third-order valence-electron chi connectivity index (χ3n) is 5.60. The van der Waals surface area contributed by atoms with Gasteiger partial charge in [-0.2, -0.15) is 0 Å². The van der Waals surface area contributed by atoms with Crippen molar-refractivity contribution >= 4 is 5.91 Å². The highest BCUT2D eigenvalue weighted by Crippen LogP contribution is 2.43. The number of likely N-dealkylation sites (tertiary alicyclic amines) is 1. The van der Waals surface area contributed by atoms with Crippen LogP contribution < -0.4 is 4.74 Å². The molecule has 2 aromatic carbocycles. The SMILES string of the molecule is O=NC(=O)c1cc(C2CC2)c(CN2CCC(Oc3ccc(F)cc3)CC2)cc1F. The fraction of sp³-hybridized carbons (Fsp3) is 0.409. The zero-order chi connectivity index (χ0) is 20.4. The lowest BCUT2D eigenvalue weighted by Crippen LogP contribution is -2.38. The standard InChI is InChI=1S/C22H22F2N2O3/c23-16-3-5-17(6-4-16)29-18-7-9-26(10-8-18)13-15-11-21(24)20(22(27)25-28)12-19(15)14-1-2-14/h3-6,11-12,14,18H,1-2,7-10,13H2. The molecule has 0 bridgehead atoms. The molecule has 1 aliphatic carbocycles. The molecule has 1 amide bonds. The Morgan fingerprint density at radius 3 is 2.38 bits per heavy atom. The van der Waals surface area contributed by atoms with E-state index >= 15 is 0 Å². The lowest BCUT2D eigenvalue weighted by Gasteiger charge is -2.32. The minimum absolute atomic E-state index is 0.0648. The molecule has 2 aliphatic rings. The van der Waals surface area contributed by atoms with Crippen molar-refractivity contribution < 1.29 is 18.3 Å². The number of nitrogens with zero attached hydrogens (tertiary/aromatic N) is 2. The third-order valence-corrected chi connectivity index (χ3v) is 5.60. The van der Waals surface area contributed by atoms with Crippen molar-refractivity contribution in [3.63, 3.8) is 0 Å². The van der Waals surface area contributed by atoms with Crippen molar-refractivity contribution in [3.05, 3.63) is 69.6 Å². The molecule has 0 atom stereocenters. The first-order valence-corrected chi connectivity index (χ1v) is 9.88. The summed E-state index contributed by atoms with van der Waals surface area (Å²) in [5.74, 6) is -1.06. The molecule has 2 fully saturated rings. The van der Waals surface area contributed by atoms with Crippen LogP contribution in [0.4, 0.5) is 8.78 Å². The van der Waals surface area contributed by atoms with Gasteiger partial charge in [0.25, 0.3) is 0 Å². The van der Waals surface area contributed by atoms with E-state index in [1.807, 2.05) is 0 Å². The van der Waals surface area contributed by atoms with Crippen molar-refractivity contribution in [2.45, 2.75) is 44.2 Å². The van der Waals surface area contributed by atoms with Gasteiger partial charge in [-0.3, -0.25) is 9.69 Å². The smallest absolute Gasteiger partial charge is 0.319 e. The monoisotopic (exact) mass is 400 g/mol. The number of ether oxygens (including phenoxy) is 1. The number of carbonyl (C=O) groups excluding carboxylic acids is 1. The molecule has 29 heavy (non-hydrogen) atoms. The molecule has 1 saturated carbocycles. The highest BCUT2D eigenvalue weighted by atomic mass is 19.1. The predicted octanol–water partition coefficient (Wildman–Crippen LogP) is 4.79. The van der Waals surface area contributed by atoms with Gasteiger partial charge < -0.3 is 4.74 Å². The van der Waals surface area contributed by atoms with E-state index in [0.29, 0.717) is 18.2 Å².